The molecule has 1 aliphatic heterocycles. The Hall–Kier alpha value is -2.56. The van der Waals surface area contributed by atoms with Crippen molar-refractivity contribution < 1.29 is 9.53 Å². The summed E-state index contributed by atoms with van der Waals surface area (Å²) in [5.41, 5.74) is 4.34. The first kappa shape index (κ1) is 13.4. The van der Waals surface area contributed by atoms with Gasteiger partial charge in [-0.25, -0.2) is 4.79 Å². The van der Waals surface area contributed by atoms with E-state index in [0.29, 0.717) is 13.1 Å². The van der Waals surface area contributed by atoms with E-state index >= 15 is 0 Å². The van der Waals surface area contributed by atoms with Crippen molar-refractivity contribution in [2.75, 3.05) is 19.7 Å². The minimum atomic E-state index is -0.290. The van der Waals surface area contributed by atoms with Gasteiger partial charge >= 0.3 is 6.09 Å². The van der Waals surface area contributed by atoms with Crippen LogP contribution in [0.1, 0.15) is 12.0 Å². The molecule has 5 heteroatoms. The molecule has 21 heavy (non-hydrogen) atoms. The van der Waals surface area contributed by atoms with Crippen molar-refractivity contribution in [3.63, 3.8) is 0 Å². The molecule has 0 atom stereocenters. The normalized spacial score (nSPS) is 14.9. The molecule has 0 saturated heterocycles. The minimum absolute atomic E-state index is 0.248. The number of ether oxygens (including phenoxy) is 1. The van der Waals surface area contributed by atoms with Crippen LogP contribution < -0.4 is 0 Å². The van der Waals surface area contributed by atoms with Gasteiger partial charge in [-0.05, 0) is 24.1 Å². The number of amides is 1. The van der Waals surface area contributed by atoms with Gasteiger partial charge in [-0.2, -0.15) is 0 Å². The zero-order valence-electron chi connectivity index (χ0n) is 11.7. The molecule has 1 aliphatic rings. The molecule has 0 spiro atoms. The maximum absolute atomic E-state index is 11.8. The first-order valence-electron chi connectivity index (χ1n) is 6.93. The lowest BCUT2D eigenvalue weighted by atomic mass is 10.0. The first-order chi connectivity index (χ1) is 10.3. The molecular formula is C16H17N3O2. The lowest BCUT2D eigenvalue weighted by Crippen LogP contribution is -2.35. The maximum Gasteiger partial charge on any atom is 0.410 e. The molecule has 0 unspecified atom stereocenters. The molecule has 108 valence electrons. The molecule has 0 bridgehead atoms. The van der Waals surface area contributed by atoms with Gasteiger partial charge in [-0.15, -0.1) is 0 Å². The number of pyridine rings is 1. The van der Waals surface area contributed by atoms with E-state index in [1.807, 2.05) is 18.3 Å². The number of aromatic nitrogens is 2. The minimum Gasteiger partial charge on any atom is -0.445 e. The van der Waals surface area contributed by atoms with Crippen LogP contribution in [0.15, 0.2) is 43.3 Å². The van der Waals surface area contributed by atoms with Crippen molar-refractivity contribution in [2.45, 2.75) is 6.42 Å². The van der Waals surface area contributed by atoms with Crippen molar-refractivity contribution in [3.8, 4) is 0 Å². The summed E-state index contributed by atoms with van der Waals surface area (Å²) in [6.07, 6.45) is 7.92. The van der Waals surface area contributed by atoms with E-state index in [-0.39, 0.29) is 12.7 Å². The van der Waals surface area contributed by atoms with Gasteiger partial charge in [0, 0.05) is 31.0 Å². The van der Waals surface area contributed by atoms with Crippen molar-refractivity contribution in [1.29, 1.82) is 0 Å². The summed E-state index contributed by atoms with van der Waals surface area (Å²) in [6.45, 7) is 5.00. The predicted octanol–water partition coefficient (Wildman–Crippen LogP) is 2.97. The Labute approximate surface area is 122 Å². The van der Waals surface area contributed by atoms with Crippen LogP contribution in [0, 0.1) is 0 Å². The standard InChI is InChI=1S/C16H17N3O2/c1-2-10-21-16(20)19-8-5-12(6-9-19)13-11-18-14-4-3-7-17-15(13)14/h2-5,7,11,18H,1,6,8-10H2. The van der Waals surface area contributed by atoms with Crippen molar-refractivity contribution >= 4 is 22.7 Å². The summed E-state index contributed by atoms with van der Waals surface area (Å²) in [5.74, 6) is 0. The Bertz CT molecular complexity index is 702. The summed E-state index contributed by atoms with van der Waals surface area (Å²) in [6, 6.07) is 3.92. The fraction of sp³-hybridized carbons (Fsp3) is 0.250. The Morgan fingerprint density at radius 1 is 1.57 bits per heavy atom. The Kier molecular flexibility index (Phi) is 3.73. The van der Waals surface area contributed by atoms with Crippen LogP contribution in [0.25, 0.3) is 16.6 Å². The number of aromatic amines is 1. The number of nitrogens with one attached hydrogen (secondary N) is 1. The van der Waals surface area contributed by atoms with E-state index in [2.05, 4.69) is 22.6 Å². The van der Waals surface area contributed by atoms with Crippen molar-refractivity contribution in [1.82, 2.24) is 14.9 Å². The van der Waals surface area contributed by atoms with Crippen molar-refractivity contribution in [2.24, 2.45) is 0 Å². The predicted molar refractivity (Wildman–Crippen MR) is 81.8 cm³/mol. The van der Waals surface area contributed by atoms with E-state index in [9.17, 15) is 4.79 Å². The molecular weight excluding hydrogens is 266 g/mol. The van der Waals surface area contributed by atoms with E-state index < -0.39 is 0 Å². The smallest absolute Gasteiger partial charge is 0.410 e. The number of fused-ring (bicyclic) bond motifs is 1. The van der Waals surface area contributed by atoms with Gasteiger partial charge in [0.15, 0.2) is 0 Å². The van der Waals surface area contributed by atoms with Gasteiger partial charge in [0.1, 0.15) is 6.61 Å². The van der Waals surface area contributed by atoms with Gasteiger partial charge in [-0.3, -0.25) is 4.98 Å². The quantitative estimate of drug-likeness (QED) is 0.881. The van der Waals surface area contributed by atoms with Gasteiger partial charge in [0.25, 0.3) is 0 Å². The summed E-state index contributed by atoms with van der Waals surface area (Å²) in [4.78, 5) is 21.1. The Morgan fingerprint density at radius 2 is 2.48 bits per heavy atom. The van der Waals surface area contributed by atoms with E-state index in [4.69, 9.17) is 4.74 Å². The number of nitrogens with zero attached hydrogens (tertiary/aromatic N) is 2. The van der Waals surface area contributed by atoms with E-state index in [0.717, 1.165) is 23.0 Å². The SMILES string of the molecule is C=CCOC(=O)N1CC=C(c2c[nH]c3cccnc23)CC1. The molecule has 3 heterocycles. The number of hydrogen-bond acceptors (Lipinski definition) is 3. The zero-order chi connectivity index (χ0) is 14.7. The third kappa shape index (κ3) is 2.67. The van der Waals surface area contributed by atoms with Crippen LogP contribution in [0.5, 0.6) is 0 Å². The summed E-state index contributed by atoms with van der Waals surface area (Å²) < 4.78 is 5.05. The zero-order valence-corrected chi connectivity index (χ0v) is 11.7. The third-order valence-electron chi connectivity index (χ3n) is 3.57. The number of H-pyrrole nitrogens is 1. The largest absolute Gasteiger partial charge is 0.445 e. The summed E-state index contributed by atoms with van der Waals surface area (Å²) in [5, 5.41) is 0. The number of hydrogen-bond donors (Lipinski definition) is 1. The number of rotatable bonds is 3. The molecule has 0 aromatic carbocycles. The highest BCUT2D eigenvalue weighted by atomic mass is 16.6. The fourth-order valence-corrected chi connectivity index (χ4v) is 2.50. The summed E-state index contributed by atoms with van der Waals surface area (Å²) in [7, 11) is 0. The second kappa shape index (κ2) is 5.83. The van der Waals surface area contributed by atoms with Gasteiger partial charge in [-0.1, -0.05) is 18.7 Å². The molecule has 2 aromatic heterocycles. The lowest BCUT2D eigenvalue weighted by Gasteiger charge is -2.25. The average molecular weight is 283 g/mol. The second-order valence-corrected chi connectivity index (χ2v) is 4.89. The van der Waals surface area contributed by atoms with Crippen LogP contribution in [0.3, 0.4) is 0 Å². The van der Waals surface area contributed by atoms with Gasteiger partial charge in [0.2, 0.25) is 0 Å². The van der Waals surface area contributed by atoms with E-state index in [1.165, 1.54) is 5.57 Å². The monoisotopic (exact) mass is 283 g/mol. The van der Waals surface area contributed by atoms with Crippen LogP contribution in [-0.4, -0.2) is 40.7 Å². The van der Waals surface area contributed by atoms with Crippen LogP contribution >= 0.6 is 0 Å². The molecule has 0 radical (unpaired) electrons. The molecule has 2 aromatic rings. The maximum atomic E-state index is 11.8. The third-order valence-corrected chi connectivity index (χ3v) is 3.57. The fourth-order valence-electron chi connectivity index (χ4n) is 2.50. The highest BCUT2D eigenvalue weighted by Gasteiger charge is 2.20. The van der Waals surface area contributed by atoms with Crippen LogP contribution in [-0.2, 0) is 4.74 Å². The molecule has 3 rings (SSSR count). The molecule has 0 saturated carbocycles. The molecule has 1 N–H and O–H groups in total. The van der Waals surface area contributed by atoms with Gasteiger partial charge < -0.3 is 14.6 Å². The lowest BCUT2D eigenvalue weighted by molar-refractivity contribution is 0.116. The second-order valence-electron chi connectivity index (χ2n) is 4.89. The first-order valence-corrected chi connectivity index (χ1v) is 6.93. The number of carbonyl (C=O) groups excluding carboxylic acids is 1. The number of carbonyl (C=O) groups is 1. The molecule has 0 fully saturated rings. The molecule has 1 amide bonds. The van der Waals surface area contributed by atoms with Gasteiger partial charge in [0.05, 0.1) is 11.0 Å². The Balaban J connectivity index is 1.75. The van der Waals surface area contributed by atoms with E-state index in [1.54, 1.807) is 17.2 Å². The average Bonchev–Trinajstić information content (AvgIpc) is 2.97. The van der Waals surface area contributed by atoms with Crippen LogP contribution in [0.2, 0.25) is 0 Å². The molecule has 0 aliphatic carbocycles. The van der Waals surface area contributed by atoms with Crippen LogP contribution in [0.4, 0.5) is 4.79 Å². The highest BCUT2D eigenvalue weighted by molar-refractivity contribution is 5.89. The highest BCUT2D eigenvalue weighted by Crippen LogP contribution is 2.27. The summed E-state index contributed by atoms with van der Waals surface area (Å²) >= 11 is 0. The van der Waals surface area contributed by atoms with Crippen molar-refractivity contribution in [3.05, 3.63) is 48.8 Å². The Morgan fingerprint density at radius 3 is 3.24 bits per heavy atom. The topological polar surface area (TPSA) is 58.2 Å². The molecule has 5 nitrogen and oxygen atoms in total.